The molecule has 0 saturated carbocycles. The Morgan fingerprint density at radius 2 is 2.05 bits per heavy atom. The lowest BCUT2D eigenvalue weighted by Gasteiger charge is -2.34. The summed E-state index contributed by atoms with van der Waals surface area (Å²) < 4.78 is 16.6. The highest BCUT2D eigenvalue weighted by Gasteiger charge is 2.29. The van der Waals surface area contributed by atoms with Gasteiger partial charge in [0.1, 0.15) is 24.2 Å². The Labute approximate surface area is 130 Å². The van der Waals surface area contributed by atoms with E-state index in [9.17, 15) is 0 Å². The molecule has 1 fully saturated rings. The van der Waals surface area contributed by atoms with E-state index in [0.717, 1.165) is 35.4 Å². The van der Waals surface area contributed by atoms with Crippen LogP contribution in [0.2, 0.25) is 0 Å². The fraction of sp³-hybridized carbons (Fsp3) is 0.500. The maximum Gasteiger partial charge on any atom is 0.226 e. The third-order valence-electron chi connectivity index (χ3n) is 3.65. The first kappa shape index (κ1) is 15.0. The number of aryl methyl sites for hydroxylation is 2. The highest BCUT2D eigenvalue weighted by Crippen LogP contribution is 2.29. The lowest BCUT2D eigenvalue weighted by atomic mass is 10.2. The van der Waals surface area contributed by atoms with Crippen molar-refractivity contribution in [1.82, 2.24) is 9.97 Å². The third kappa shape index (κ3) is 3.13. The number of nitrogens with zero attached hydrogens (tertiary/aromatic N) is 3. The molecule has 1 aliphatic heterocycles. The fourth-order valence-electron chi connectivity index (χ4n) is 2.71. The monoisotopic (exact) mass is 303 g/mol. The van der Waals surface area contributed by atoms with E-state index in [0.29, 0.717) is 19.8 Å². The van der Waals surface area contributed by atoms with Crippen molar-refractivity contribution in [2.45, 2.75) is 26.5 Å². The average molecular weight is 303 g/mol. The molecule has 1 aliphatic rings. The van der Waals surface area contributed by atoms with E-state index in [1.54, 1.807) is 7.11 Å². The van der Waals surface area contributed by atoms with Crippen molar-refractivity contribution in [3.8, 4) is 0 Å². The molecule has 0 spiro atoms. The molecule has 1 atom stereocenters. The van der Waals surface area contributed by atoms with Crippen LogP contribution in [0.3, 0.4) is 0 Å². The van der Waals surface area contributed by atoms with Crippen LogP contribution in [0.25, 0.3) is 0 Å². The van der Waals surface area contributed by atoms with Gasteiger partial charge in [-0.2, -0.15) is 0 Å². The SMILES string of the molecule is COCc1ccc(C2COCCN2c2nc(C)cc(C)n2)o1. The summed E-state index contributed by atoms with van der Waals surface area (Å²) in [5.74, 6) is 2.40. The fourth-order valence-corrected chi connectivity index (χ4v) is 2.71. The van der Waals surface area contributed by atoms with Crippen LogP contribution in [0.15, 0.2) is 22.6 Å². The topological polar surface area (TPSA) is 60.6 Å². The van der Waals surface area contributed by atoms with Gasteiger partial charge in [-0.25, -0.2) is 9.97 Å². The Balaban J connectivity index is 1.89. The van der Waals surface area contributed by atoms with Crippen LogP contribution in [0, 0.1) is 13.8 Å². The number of hydrogen-bond donors (Lipinski definition) is 0. The lowest BCUT2D eigenvalue weighted by Crippen LogP contribution is -2.40. The zero-order valence-electron chi connectivity index (χ0n) is 13.2. The second-order valence-corrected chi connectivity index (χ2v) is 5.47. The smallest absolute Gasteiger partial charge is 0.226 e. The molecule has 1 unspecified atom stereocenters. The van der Waals surface area contributed by atoms with Crippen molar-refractivity contribution in [3.63, 3.8) is 0 Å². The first-order valence-corrected chi connectivity index (χ1v) is 7.41. The Kier molecular flexibility index (Phi) is 4.40. The molecule has 2 aromatic heterocycles. The second-order valence-electron chi connectivity index (χ2n) is 5.47. The molecule has 3 heterocycles. The predicted octanol–water partition coefficient (Wildman–Crippen LogP) is 2.41. The van der Waals surface area contributed by atoms with Crippen LogP contribution >= 0.6 is 0 Å². The molecule has 0 N–H and O–H groups in total. The molecule has 0 bridgehead atoms. The molecule has 22 heavy (non-hydrogen) atoms. The second kappa shape index (κ2) is 6.46. The van der Waals surface area contributed by atoms with Gasteiger partial charge in [-0.3, -0.25) is 0 Å². The number of furan rings is 1. The summed E-state index contributed by atoms with van der Waals surface area (Å²) in [6.07, 6.45) is 0. The van der Waals surface area contributed by atoms with E-state index in [1.807, 2.05) is 32.0 Å². The maximum atomic E-state index is 5.87. The molecule has 6 heteroatoms. The van der Waals surface area contributed by atoms with E-state index < -0.39 is 0 Å². The first-order chi connectivity index (χ1) is 10.7. The van der Waals surface area contributed by atoms with E-state index in [-0.39, 0.29) is 6.04 Å². The highest BCUT2D eigenvalue weighted by atomic mass is 16.5. The van der Waals surface area contributed by atoms with Gasteiger partial charge in [0.2, 0.25) is 5.95 Å². The van der Waals surface area contributed by atoms with E-state index in [2.05, 4.69) is 14.9 Å². The van der Waals surface area contributed by atoms with E-state index in [1.165, 1.54) is 0 Å². The minimum atomic E-state index is -0.0134. The Bertz CT molecular complexity index is 621. The number of anilines is 1. The third-order valence-corrected chi connectivity index (χ3v) is 3.65. The van der Waals surface area contributed by atoms with Gasteiger partial charge in [0.05, 0.1) is 13.2 Å². The number of hydrogen-bond acceptors (Lipinski definition) is 6. The molecule has 2 aromatic rings. The average Bonchev–Trinajstić information content (AvgIpc) is 2.95. The van der Waals surface area contributed by atoms with Gasteiger partial charge in [0.15, 0.2) is 0 Å². The zero-order chi connectivity index (χ0) is 15.5. The Morgan fingerprint density at radius 3 is 2.77 bits per heavy atom. The molecule has 1 saturated heterocycles. The number of morpholine rings is 1. The van der Waals surface area contributed by atoms with Gasteiger partial charge < -0.3 is 18.8 Å². The molecule has 0 radical (unpaired) electrons. The molecular formula is C16H21N3O3. The minimum absolute atomic E-state index is 0.0134. The summed E-state index contributed by atoms with van der Waals surface area (Å²) in [6, 6.07) is 5.88. The Morgan fingerprint density at radius 1 is 1.27 bits per heavy atom. The molecule has 0 aliphatic carbocycles. The zero-order valence-corrected chi connectivity index (χ0v) is 13.2. The number of aromatic nitrogens is 2. The van der Waals surface area contributed by atoms with Gasteiger partial charge in [-0.1, -0.05) is 0 Å². The van der Waals surface area contributed by atoms with Gasteiger partial charge >= 0.3 is 0 Å². The van der Waals surface area contributed by atoms with Crippen molar-refractivity contribution in [2.24, 2.45) is 0 Å². The largest absolute Gasteiger partial charge is 0.461 e. The van der Waals surface area contributed by atoms with Gasteiger partial charge in [0.25, 0.3) is 0 Å². The van der Waals surface area contributed by atoms with Crippen LogP contribution in [0.5, 0.6) is 0 Å². The molecule has 6 nitrogen and oxygen atoms in total. The Hall–Kier alpha value is -1.92. The molecule has 0 amide bonds. The van der Waals surface area contributed by atoms with E-state index in [4.69, 9.17) is 13.9 Å². The van der Waals surface area contributed by atoms with Crippen LogP contribution in [-0.4, -0.2) is 36.8 Å². The number of rotatable bonds is 4. The van der Waals surface area contributed by atoms with Crippen LogP contribution in [0.1, 0.15) is 29.0 Å². The molecule has 0 aromatic carbocycles. The summed E-state index contributed by atoms with van der Waals surface area (Å²) in [4.78, 5) is 11.3. The summed E-state index contributed by atoms with van der Waals surface area (Å²) in [6.45, 7) is 6.41. The molecule has 118 valence electrons. The van der Waals surface area contributed by atoms with Crippen molar-refractivity contribution >= 4 is 5.95 Å². The van der Waals surface area contributed by atoms with Crippen LogP contribution < -0.4 is 4.90 Å². The maximum absolute atomic E-state index is 5.87. The van der Waals surface area contributed by atoms with Crippen LogP contribution in [0.4, 0.5) is 5.95 Å². The predicted molar refractivity (Wildman–Crippen MR) is 81.8 cm³/mol. The van der Waals surface area contributed by atoms with Crippen LogP contribution in [-0.2, 0) is 16.1 Å². The summed E-state index contributed by atoms with van der Waals surface area (Å²) in [7, 11) is 1.65. The number of ether oxygens (including phenoxy) is 2. The number of methoxy groups -OCH3 is 1. The van der Waals surface area contributed by atoms with E-state index >= 15 is 0 Å². The van der Waals surface area contributed by atoms with Gasteiger partial charge in [-0.05, 0) is 32.0 Å². The van der Waals surface area contributed by atoms with Crippen molar-refractivity contribution in [2.75, 3.05) is 31.8 Å². The van der Waals surface area contributed by atoms with Gasteiger partial charge in [-0.15, -0.1) is 0 Å². The van der Waals surface area contributed by atoms with Crippen molar-refractivity contribution in [1.29, 1.82) is 0 Å². The van der Waals surface area contributed by atoms with Gasteiger partial charge in [0, 0.05) is 25.0 Å². The normalized spacial score (nSPS) is 18.7. The lowest BCUT2D eigenvalue weighted by molar-refractivity contribution is 0.0848. The van der Waals surface area contributed by atoms with Crippen molar-refractivity contribution < 1.29 is 13.9 Å². The molecular weight excluding hydrogens is 282 g/mol. The summed E-state index contributed by atoms with van der Waals surface area (Å²) >= 11 is 0. The van der Waals surface area contributed by atoms with Crippen molar-refractivity contribution in [3.05, 3.63) is 41.1 Å². The highest BCUT2D eigenvalue weighted by molar-refractivity contribution is 5.37. The first-order valence-electron chi connectivity index (χ1n) is 7.41. The quantitative estimate of drug-likeness (QED) is 0.864. The summed E-state index contributed by atoms with van der Waals surface area (Å²) in [5, 5.41) is 0. The molecule has 3 rings (SSSR count). The standard InChI is InChI=1S/C16H21N3O3/c1-11-8-12(2)18-16(17-11)19-6-7-21-10-14(19)15-5-4-13(22-15)9-20-3/h4-5,8,14H,6-7,9-10H2,1-3H3. The minimum Gasteiger partial charge on any atom is -0.461 e. The summed E-state index contributed by atoms with van der Waals surface area (Å²) in [5.41, 5.74) is 1.93.